The molecule has 0 saturated carbocycles. The second kappa shape index (κ2) is 7.62. The highest BCUT2D eigenvalue weighted by Crippen LogP contribution is 2.36. The standard InChI is InChI=1S/C17H20ClF3N2O3/c18-14-2-1-12(11-13(14)17(19,20)21)22-6-3-15(24)23-7-4-16(5-8-23)25-9-10-26-16/h1-2,11,22H,3-10H2. The number of carbonyl (C=O) groups is 1. The molecule has 3 rings (SSSR count). The lowest BCUT2D eigenvalue weighted by molar-refractivity contribution is -0.187. The number of anilines is 1. The number of nitrogens with zero attached hydrogens (tertiary/aromatic N) is 1. The average Bonchev–Trinajstić information content (AvgIpc) is 3.04. The Hall–Kier alpha value is -1.51. The normalized spacial score (nSPS) is 19.8. The molecule has 1 N–H and O–H groups in total. The van der Waals surface area contributed by atoms with Gasteiger partial charge in [-0.3, -0.25) is 4.79 Å². The van der Waals surface area contributed by atoms with Crippen LogP contribution in [0.2, 0.25) is 5.02 Å². The first-order valence-corrected chi connectivity index (χ1v) is 8.83. The molecule has 2 heterocycles. The van der Waals surface area contributed by atoms with Crippen LogP contribution in [0, 0.1) is 0 Å². The van der Waals surface area contributed by atoms with E-state index in [1.807, 2.05) is 0 Å². The van der Waals surface area contributed by atoms with E-state index in [9.17, 15) is 18.0 Å². The first-order chi connectivity index (χ1) is 12.3. The molecule has 0 atom stereocenters. The molecule has 1 aromatic rings. The third kappa shape index (κ3) is 4.42. The van der Waals surface area contributed by atoms with E-state index in [1.165, 1.54) is 12.1 Å². The third-order valence-corrected chi connectivity index (χ3v) is 4.96. The number of rotatable bonds is 4. The molecular weight excluding hydrogens is 373 g/mol. The Bertz CT molecular complexity index is 653. The smallest absolute Gasteiger partial charge is 0.385 e. The van der Waals surface area contributed by atoms with Crippen molar-refractivity contribution < 1.29 is 27.4 Å². The van der Waals surface area contributed by atoms with Gasteiger partial charge in [-0.25, -0.2) is 0 Å². The van der Waals surface area contributed by atoms with E-state index in [0.717, 1.165) is 6.07 Å². The lowest BCUT2D eigenvalue weighted by atomic mass is 10.0. The van der Waals surface area contributed by atoms with Gasteiger partial charge in [-0.05, 0) is 18.2 Å². The second-order valence-electron chi connectivity index (χ2n) is 6.36. The van der Waals surface area contributed by atoms with Gasteiger partial charge in [0.25, 0.3) is 0 Å². The maximum absolute atomic E-state index is 12.9. The maximum Gasteiger partial charge on any atom is 0.417 e. The number of ether oxygens (including phenoxy) is 2. The van der Waals surface area contributed by atoms with Crippen LogP contribution in [0.1, 0.15) is 24.8 Å². The van der Waals surface area contributed by atoms with Gasteiger partial charge in [-0.15, -0.1) is 0 Å². The van der Waals surface area contributed by atoms with Crippen molar-refractivity contribution in [2.45, 2.75) is 31.2 Å². The molecule has 0 radical (unpaired) electrons. The Morgan fingerprint density at radius 3 is 2.50 bits per heavy atom. The summed E-state index contributed by atoms with van der Waals surface area (Å²) in [5.74, 6) is -0.581. The van der Waals surface area contributed by atoms with Crippen LogP contribution in [0.15, 0.2) is 18.2 Å². The van der Waals surface area contributed by atoms with Crippen LogP contribution in [-0.2, 0) is 20.4 Å². The molecule has 2 aliphatic rings. The van der Waals surface area contributed by atoms with Crippen LogP contribution < -0.4 is 5.32 Å². The fourth-order valence-electron chi connectivity index (χ4n) is 3.21. The second-order valence-corrected chi connectivity index (χ2v) is 6.76. The Morgan fingerprint density at radius 1 is 1.23 bits per heavy atom. The van der Waals surface area contributed by atoms with Crippen molar-refractivity contribution in [1.29, 1.82) is 0 Å². The molecule has 1 spiro atoms. The Kier molecular flexibility index (Phi) is 5.64. The van der Waals surface area contributed by atoms with Gasteiger partial charge in [-0.2, -0.15) is 13.2 Å². The highest BCUT2D eigenvalue weighted by molar-refractivity contribution is 6.31. The van der Waals surface area contributed by atoms with Gasteiger partial charge in [0.1, 0.15) is 0 Å². The number of alkyl halides is 3. The largest absolute Gasteiger partial charge is 0.417 e. The van der Waals surface area contributed by atoms with Crippen molar-refractivity contribution in [3.8, 4) is 0 Å². The minimum Gasteiger partial charge on any atom is -0.385 e. The van der Waals surface area contributed by atoms with Crippen molar-refractivity contribution in [3.05, 3.63) is 28.8 Å². The van der Waals surface area contributed by atoms with E-state index in [1.54, 1.807) is 4.90 Å². The van der Waals surface area contributed by atoms with Crippen LogP contribution in [0.3, 0.4) is 0 Å². The van der Waals surface area contributed by atoms with Gasteiger partial charge in [0.2, 0.25) is 5.91 Å². The molecule has 2 fully saturated rings. The van der Waals surface area contributed by atoms with Crippen molar-refractivity contribution >= 4 is 23.2 Å². The molecule has 0 bridgehead atoms. The fourth-order valence-corrected chi connectivity index (χ4v) is 3.43. The van der Waals surface area contributed by atoms with E-state index >= 15 is 0 Å². The highest BCUT2D eigenvalue weighted by atomic mass is 35.5. The molecule has 2 saturated heterocycles. The lowest BCUT2D eigenvalue weighted by Crippen LogP contribution is -2.47. The van der Waals surface area contributed by atoms with Crippen molar-refractivity contribution in [3.63, 3.8) is 0 Å². The summed E-state index contributed by atoms with van der Waals surface area (Å²) >= 11 is 5.59. The van der Waals surface area contributed by atoms with Gasteiger partial charge in [-0.1, -0.05) is 11.6 Å². The van der Waals surface area contributed by atoms with E-state index < -0.39 is 17.5 Å². The zero-order valence-corrected chi connectivity index (χ0v) is 14.8. The number of likely N-dealkylation sites (tertiary alicyclic amines) is 1. The maximum atomic E-state index is 12.9. The predicted molar refractivity (Wildman–Crippen MR) is 90.0 cm³/mol. The summed E-state index contributed by atoms with van der Waals surface area (Å²) in [6.45, 7) is 2.51. The molecule has 9 heteroatoms. The van der Waals surface area contributed by atoms with Crippen LogP contribution >= 0.6 is 11.6 Å². The SMILES string of the molecule is O=C(CCNc1ccc(Cl)c(C(F)(F)F)c1)N1CCC2(CC1)OCCO2. The first kappa shape index (κ1) is 19.3. The van der Waals surface area contributed by atoms with Crippen molar-refractivity contribution in [1.82, 2.24) is 4.90 Å². The Morgan fingerprint density at radius 2 is 1.88 bits per heavy atom. The molecule has 144 valence electrons. The number of nitrogens with one attached hydrogen (secondary N) is 1. The number of benzene rings is 1. The van der Waals surface area contributed by atoms with Crippen LogP contribution in [-0.4, -0.2) is 49.4 Å². The van der Waals surface area contributed by atoms with E-state index in [4.69, 9.17) is 21.1 Å². The number of halogens is 4. The molecule has 2 aliphatic heterocycles. The summed E-state index contributed by atoms with van der Waals surface area (Å²) < 4.78 is 49.8. The van der Waals surface area contributed by atoms with E-state index in [2.05, 4.69) is 5.32 Å². The summed E-state index contributed by atoms with van der Waals surface area (Å²) in [6, 6.07) is 3.61. The molecule has 26 heavy (non-hydrogen) atoms. The minimum atomic E-state index is -4.52. The molecular formula is C17H20ClF3N2O3. The molecule has 0 unspecified atom stereocenters. The van der Waals surface area contributed by atoms with Crippen LogP contribution in [0.4, 0.5) is 18.9 Å². The summed E-state index contributed by atoms with van der Waals surface area (Å²) in [4.78, 5) is 14.0. The van der Waals surface area contributed by atoms with E-state index in [-0.39, 0.29) is 29.6 Å². The molecule has 1 amide bonds. The van der Waals surface area contributed by atoms with Crippen LogP contribution in [0.5, 0.6) is 0 Å². The molecule has 1 aromatic carbocycles. The number of hydrogen-bond acceptors (Lipinski definition) is 4. The Balaban J connectivity index is 1.47. The summed E-state index contributed by atoms with van der Waals surface area (Å²) in [6.07, 6.45) is -3.05. The number of carbonyl (C=O) groups excluding carboxylic acids is 1. The van der Waals surface area contributed by atoms with Crippen molar-refractivity contribution in [2.75, 3.05) is 38.2 Å². The summed E-state index contributed by atoms with van der Waals surface area (Å²) in [7, 11) is 0. The van der Waals surface area contributed by atoms with E-state index in [0.29, 0.717) is 39.1 Å². The fraction of sp³-hybridized carbons (Fsp3) is 0.588. The Labute approximate surface area is 154 Å². The summed E-state index contributed by atoms with van der Waals surface area (Å²) in [5.41, 5.74) is -0.617. The zero-order chi connectivity index (χ0) is 18.8. The number of piperidine rings is 1. The molecule has 0 aliphatic carbocycles. The summed E-state index contributed by atoms with van der Waals surface area (Å²) in [5, 5.41) is 2.50. The number of hydrogen-bond donors (Lipinski definition) is 1. The van der Waals surface area contributed by atoms with Crippen molar-refractivity contribution in [2.24, 2.45) is 0 Å². The topological polar surface area (TPSA) is 50.8 Å². The monoisotopic (exact) mass is 392 g/mol. The van der Waals surface area contributed by atoms with Gasteiger partial charge in [0.15, 0.2) is 5.79 Å². The van der Waals surface area contributed by atoms with Gasteiger partial charge in [0.05, 0.1) is 23.8 Å². The highest BCUT2D eigenvalue weighted by Gasteiger charge is 2.40. The predicted octanol–water partition coefficient (Wildman–Crippen LogP) is 3.53. The third-order valence-electron chi connectivity index (χ3n) is 4.63. The van der Waals surface area contributed by atoms with Crippen LogP contribution in [0.25, 0.3) is 0 Å². The molecule has 5 nitrogen and oxygen atoms in total. The quantitative estimate of drug-likeness (QED) is 0.851. The zero-order valence-electron chi connectivity index (χ0n) is 14.1. The number of amides is 1. The van der Waals surface area contributed by atoms with Gasteiger partial charge in [0, 0.05) is 44.6 Å². The van der Waals surface area contributed by atoms with Gasteiger partial charge < -0.3 is 19.7 Å². The van der Waals surface area contributed by atoms with Gasteiger partial charge >= 0.3 is 6.18 Å². The lowest BCUT2D eigenvalue weighted by Gasteiger charge is -2.37. The average molecular weight is 393 g/mol. The minimum absolute atomic E-state index is 0.0460. The first-order valence-electron chi connectivity index (χ1n) is 8.45. The molecule has 0 aromatic heterocycles.